The molecule has 0 N–H and O–H groups in total. The van der Waals surface area contributed by atoms with E-state index in [1.54, 1.807) is 18.3 Å². The van der Waals surface area contributed by atoms with E-state index in [9.17, 15) is 9.90 Å². The van der Waals surface area contributed by atoms with E-state index in [2.05, 4.69) is 12.0 Å². The van der Waals surface area contributed by atoms with Gasteiger partial charge in [0, 0.05) is 11.8 Å². The van der Waals surface area contributed by atoms with Crippen molar-refractivity contribution in [2.45, 2.75) is 26.3 Å². The molecule has 4 nitrogen and oxygen atoms in total. The number of hydrogen-bond acceptors (Lipinski definition) is 3. The summed E-state index contributed by atoms with van der Waals surface area (Å²) < 4.78 is 1.84. The summed E-state index contributed by atoms with van der Waals surface area (Å²) in [6, 6.07) is 4.90. The smallest absolute Gasteiger partial charge is 0.204 e. The maximum atomic E-state index is 10.8. The third-order valence-corrected chi connectivity index (χ3v) is 2.70. The zero-order valence-corrected chi connectivity index (χ0v) is 9.72. The summed E-state index contributed by atoms with van der Waals surface area (Å²) in [6.45, 7) is 2.97. The average Bonchev–Trinajstić information content (AvgIpc) is 2.35. The van der Waals surface area contributed by atoms with Crippen molar-refractivity contribution in [2.24, 2.45) is 0 Å². The molecular weight excluding hydrogens is 216 g/mol. The number of aromatic carboxylic acids is 1. The minimum Gasteiger partial charge on any atom is -0.545 e. The van der Waals surface area contributed by atoms with Crippen LogP contribution in [0.15, 0.2) is 30.6 Å². The van der Waals surface area contributed by atoms with Crippen LogP contribution in [0, 0.1) is 0 Å². The van der Waals surface area contributed by atoms with Crippen molar-refractivity contribution in [3.05, 3.63) is 36.2 Å². The van der Waals surface area contributed by atoms with Crippen LogP contribution in [0.1, 0.15) is 30.1 Å². The SMILES string of the molecule is CCCC[n+]1cc2cc(C(=O)[O-])ccc2cn1. The second kappa shape index (κ2) is 4.91. The molecule has 2 aromatic rings. The van der Waals surface area contributed by atoms with Crippen LogP contribution in [0.25, 0.3) is 10.8 Å². The highest BCUT2D eigenvalue weighted by molar-refractivity contribution is 5.92. The second-order valence-corrected chi connectivity index (χ2v) is 4.02. The van der Waals surface area contributed by atoms with Gasteiger partial charge in [0.05, 0.1) is 11.4 Å². The van der Waals surface area contributed by atoms with Gasteiger partial charge in [-0.15, -0.1) is 0 Å². The molecule has 0 bridgehead atoms. The third kappa shape index (κ3) is 2.58. The fourth-order valence-electron chi connectivity index (χ4n) is 1.70. The van der Waals surface area contributed by atoms with Crippen molar-refractivity contribution in [3.63, 3.8) is 0 Å². The summed E-state index contributed by atoms with van der Waals surface area (Å²) >= 11 is 0. The molecule has 17 heavy (non-hydrogen) atoms. The van der Waals surface area contributed by atoms with Gasteiger partial charge in [-0.05, 0) is 16.7 Å². The minimum absolute atomic E-state index is 0.200. The molecule has 0 saturated carbocycles. The Bertz CT molecular complexity index is 552. The van der Waals surface area contributed by atoms with E-state index < -0.39 is 5.97 Å². The molecule has 1 aromatic carbocycles. The van der Waals surface area contributed by atoms with Crippen molar-refractivity contribution in [1.29, 1.82) is 0 Å². The van der Waals surface area contributed by atoms with Crippen molar-refractivity contribution >= 4 is 16.7 Å². The maximum absolute atomic E-state index is 10.8. The number of benzene rings is 1. The molecule has 0 aliphatic heterocycles. The number of carbonyl (C=O) groups excluding carboxylic acids is 1. The van der Waals surface area contributed by atoms with Crippen LogP contribution >= 0.6 is 0 Å². The number of rotatable bonds is 4. The highest BCUT2D eigenvalue weighted by atomic mass is 16.4. The van der Waals surface area contributed by atoms with Gasteiger partial charge in [0.25, 0.3) is 0 Å². The summed E-state index contributed by atoms with van der Waals surface area (Å²) in [5.74, 6) is -1.15. The molecule has 1 aromatic heterocycles. The molecular formula is C13H14N2O2. The third-order valence-electron chi connectivity index (χ3n) is 2.70. The Balaban J connectivity index is 2.39. The Morgan fingerprint density at radius 2 is 2.24 bits per heavy atom. The maximum Gasteiger partial charge on any atom is 0.204 e. The lowest BCUT2D eigenvalue weighted by Crippen LogP contribution is -2.37. The molecule has 0 unspecified atom stereocenters. The largest absolute Gasteiger partial charge is 0.545 e. The van der Waals surface area contributed by atoms with Gasteiger partial charge in [0.2, 0.25) is 6.20 Å². The van der Waals surface area contributed by atoms with Gasteiger partial charge in [0.15, 0.2) is 6.54 Å². The van der Waals surface area contributed by atoms with Crippen LogP contribution < -0.4 is 9.79 Å². The van der Waals surface area contributed by atoms with Crippen LogP contribution in [0.2, 0.25) is 0 Å². The predicted octanol–water partition coefficient (Wildman–Crippen LogP) is 0.686. The zero-order valence-electron chi connectivity index (χ0n) is 9.72. The Morgan fingerprint density at radius 1 is 1.41 bits per heavy atom. The van der Waals surface area contributed by atoms with Crippen LogP contribution in [-0.2, 0) is 6.54 Å². The van der Waals surface area contributed by atoms with Gasteiger partial charge in [-0.3, -0.25) is 0 Å². The van der Waals surface area contributed by atoms with Crippen LogP contribution in [-0.4, -0.2) is 11.1 Å². The number of fused-ring (bicyclic) bond motifs is 1. The van der Waals surface area contributed by atoms with Crippen molar-refractivity contribution in [2.75, 3.05) is 0 Å². The summed E-state index contributed by atoms with van der Waals surface area (Å²) in [5, 5.41) is 16.8. The van der Waals surface area contributed by atoms with E-state index in [0.29, 0.717) is 0 Å². The van der Waals surface area contributed by atoms with Crippen LogP contribution in [0.4, 0.5) is 0 Å². The molecule has 0 spiro atoms. The Morgan fingerprint density at radius 3 is 2.94 bits per heavy atom. The molecule has 88 valence electrons. The lowest BCUT2D eigenvalue weighted by atomic mass is 10.1. The number of carboxylic acids is 1. The van der Waals surface area contributed by atoms with Gasteiger partial charge in [-0.25, -0.2) is 0 Å². The fraction of sp³-hybridized carbons (Fsp3) is 0.308. The van der Waals surface area contributed by atoms with Crippen LogP contribution in [0.3, 0.4) is 0 Å². The number of carboxylic acid groups (broad SMARTS) is 1. The lowest BCUT2D eigenvalue weighted by molar-refractivity contribution is -0.752. The lowest BCUT2D eigenvalue weighted by Gasteiger charge is -2.03. The highest BCUT2D eigenvalue weighted by Crippen LogP contribution is 2.12. The van der Waals surface area contributed by atoms with Gasteiger partial charge in [-0.2, -0.15) is 0 Å². The molecule has 0 radical (unpaired) electrons. The summed E-state index contributed by atoms with van der Waals surface area (Å²) in [7, 11) is 0. The van der Waals surface area contributed by atoms with E-state index in [0.717, 1.165) is 30.2 Å². The van der Waals surface area contributed by atoms with E-state index in [-0.39, 0.29) is 5.56 Å². The van der Waals surface area contributed by atoms with Crippen molar-refractivity contribution in [1.82, 2.24) is 5.10 Å². The standard InChI is InChI=1S/C13H14N2O2/c1-2-3-6-15-9-12-7-10(13(16)17)4-5-11(12)8-14-15/h4-5,7-9H,2-3,6H2,1H3. The molecule has 0 saturated heterocycles. The molecule has 0 aliphatic rings. The Hall–Kier alpha value is -1.97. The van der Waals surface area contributed by atoms with Gasteiger partial charge < -0.3 is 9.90 Å². The average molecular weight is 230 g/mol. The Kier molecular flexibility index (Phi) is 3.32. The van der Waals surface area contributed by atoms with Crippen molar-refractivity contribution in [3.8, 4) is 0 Å². The highest BCUT2D eigenvalue weighted by Gasteiger charge is 2.05. The Labute approximate surface area is 99.5 Å². The van der Waals surface area contributed by atoms with Gasteiger partial charge >= 0.3 is 0 Å². The first kappa shape index (κ1) is 11.5. The monoisotopic (exact) mass is 230 g/mol. The summed E-state index contributed by atoms with van der Waals surface area (Å²) in [5.41, 5.74) is 0.200. The zero-order chi connectivity index (χ0) is 12.3. The molecule has 4 heteroatoms. The number of aryl methyl sites for hydroxylation is 1. The normalized spacial score (nSPS) is 10.6. The molecule has 0 aliphatic carbocycles. The number of unbranched alkanes of at least 4 members (excludes halogenated alkanes) is 1. The predicted molar refractivity (Wildman–Crippen MR) is 61.2 cm³/mol. The first-order chi connectivity index (χ1) is 8.20. The van der Waals surface area contributed by atoms with Crippen LogP contribution in [0.5, 0.6) is 0 Å². The number of aromatic nitrogens is 2. The van der Waals surface area contributed by atoms with E-state index in [1.165, 1.54) is 6.07 Å². The van der Waals surface area contributed by atoms with E-state index >= 15 is 0 Å². The summed E-state index contributed by atoms with van der Waals surface area (Å²) in [4.78, 5) is 10.8. The molecule has 0 fully saturated rings. The fourth-order valence-corrected chi connectivity index (χ4v) is 1.70. The van der Waals surface area contributed by atoms with Gasteiger partial charge in [0.1, 0.15) is 6.20 Å². The number of carbonyl (C=O) groups is 1. The van der Waals surface area contributed by atoms with E-state index in [4.69, 9.17) is 0 Å². The number of hydrogen-bond donors (Lipinski definition) is 0. The van der Waals surface area contributed by atoms with E-state index in [1.807, 2.05) is 10.9 Å². The molecule has 2 rings (SSSR count). The first-order valence-corrected chi connectivity index (χ1v) is 5.71. The van der Waals surface area contributed by atoms with Gasteiger partial charge in [-0.1, -0.05) is 30.2 Å². The molecule has 0 atom stereocenters. The first-order valence-electron chi connectivity index (χ1n) is 5.71. The molecule has 1 heterocycles. The minimum atomic E-state index is -1.15. The number of nitrogens with zero attached hydrogens (tertiary/aromatic N) is 2. The quantitative estimate of drug-likeness (QED) is 0.726. The topological polar surface area (TPSA) is 56.9 Å². The van der Waals surface area contributed by atoms with Crippen molar-refractivity contribution < 1.29 is 14.6 Å². The summed E-state index contributed by atoms with van der Waals surface area (Å²) in [6.07, 6.45) is 5.79. The molecule has 0 amide bonds. The second-order valence-electron chi connectivity index (χ2n) is 4.02.